The SMILES string of the molecule is CCn1c(SCc2cn3cccnc3n2)nnc1-c1ccncc1. The molecule has 0 aliphatic rings. The molecule has 4 rings (SSSR count). The molecule has 0 aliphatic carbocycles. The van der Waals surface area contributed by atoms with Crippen LogP contribution >= 0.6 is 11.8 Å². The fourth-order valence-corrected chi connectivity index (χ4v) is 3.37. The van der Waals surface area contributed by atoms with Crippen molar-refractivity contribution in [3.8, 4) is 11.4 Å². The van der Waals surface area contributed by atoms with Gasteiger partial charge in [0.2, 0.25) is 5.78 Å². The van der Waals surface area contributed by atoms with Crippen molar-refractivity contribution in [3.63, 3.8) is 0 Å². The summed E-state index contributed by atoms with van der Waals surface area (Å²) in [5, 5.41) is 9.56. The molecule has 0 radical (unpaired) electrons. The highest BCUT2D eigenvalue weighted by atomic mass is 32.2. The molecule has 0 bridgehead atoms. The molecule has 120 valence electrons. The van der Waals surface area contributed by atoms with E-state index in [9.17, 15) is 0 Å². The fraction of sp³-hybridized carbons (Fsp3) is 0.188. The van der Waals surface area contributed by atoms with Crippen molar-refractivity contribution in [1.29, 1.82) is 0 Å². The summed E-state index contributed by atoms with van der Waals surface area (Å²) in [5.41, 5.74) is 1.98. The molecule has 0 N–H and O–H groups in total. The van der Waals surface area contributed by atoms with Crippen molar-refractivity contribution >= 4 is 17.5 Å². The van der Waals surface area contributed by atoms with Gasteiger partial charge in [0.05, 0.1) is 5.69 Å². The third kappa shape index (κ3) is 2.76. The van der Waals surface area contributed by atoms with Gasteiger partial charge in [-0.05, 0) is 25.1 Å². The molecule has 0 aliphatic heterocycles. The molecule has 0 unspecified atom stereocenters. The third-order valence-corrected chi connectivity index (χ3v) is 4.61. The van der Waals surface area contributed by atoms with Gasteiger partial charge in [0, 0.05) is 48.8 Å². The largest absolute Gasteiger partial charge is 0.302 e. The summed E-state index contributed by atoms with van der Waals surface area (Å²) in [5.74, 6) is 2.29. The molecular formula is C16H15N7S. The molecule has 4 heterocycles. The summed E-state index contributed by atoms with van der Waals surface area (Å²) in [7, 11) is 0. The lowest BCUT2D eigenvalue weighted by Crippen LogP contribution is -2.00. The van der Waals surface area contributed by atoms with Crippen LogP contribution in [0, 0.1) is 0 Å². The van der Waals surface area contributed by atoms with E-state index in [1.165, 1.54) is 0 Å². The maximum Gasteiger partial charge on any atom is 0.233 e. The highest BCUT2D eigenvalue weighted by molar-refractivity contribution is 7.98. The lowest BCUT2D eigenvalue weighted by molar-refractivity contribution is 0.687. The number of imidazole rings is 1. The van der Waals surface area contributed by atoms with Crippen LogP contribution in [0.3, 0.4) is 0 Å². The summed E-state index contributed by atoms with van der Waals surface area (Å²) in [4.78, 5) is 12.8. The Morgan fingerprint density at radius 3 is 2.79 bits per heavy atom. The summed E-state index contributed by atoms with van der Waals surface area (Å²) in [6.45, 7) is 2.90. The van der Waals surface area contributed by atoms with E-state index in [2.05, 4.69) is 36.6 Å². The van der Waals surface area contributed by atoms with Crippen LogP contribution in [-0.4, -0.2) is 34.1 Å². The highest BCUT2D eigenvalue weighted by Crippen LogP contribution is 2.25. The van der Waals surface area contributed by atoms with Gasteiger partial charge in [-0.3, -0.25) is 9.38 Å². The number of rotatable bonds is 5. The predicted molar refractivity (Wildman–Crippen MR) is 91.5 cm³/mol. The number of fused-ring (bicyclic) bond motifs is 1. The van der Waals surface area contributed by atoms with Gasteiger partial charge in [0.1, 0.15) is 0 Å². The molecule has 0 saturated heterocycles. The van der Waals surface area contributed by atoms with Crippen molar-refractivity contribution in [2.24, 2.45) is 0 Å². The van der Waals surface area contributed by atoms with Gasteiger partial charge in [-0.1, -0.05) is 11.8 Å². The third-order valence-electron chi connectivity index (χ3n) is 3.61. The number of hydrogen-bond donors (Lipinski definition) is 0. The van der Waals surface area contributed by atoms with E-state index < -0.39 is 0 Å². The minimum atomic E-state index is 0.711. The van der Waals surface area contributed by atoms with E-state index in [0.29, 0.717) is 5.78 Å². The summed E-state index contributed by atoms with van der Waals surface area (Å²) < 4.78 is 4.02. The maximum absolute atomic E-state index is 4.51. The number of aromatic nitrogens is 7. The predicted octanol–water partition coefficient (Wildman–Crippen LogP) is 2.70. The molecule has 0 atom stereocenters. The van der Waals surface area contributed by atoms with Crippen LogP contribution in [0.4, 0.5) is 0 Å². The van der Waals surface area contributed by atoms with Crippen molar-refractivity contribution in [2.75, 3.05) is 0 Å². The van der Waals surface area contributed by atoms with Crippen LogP contribution in [0.1, 0.15) is 12.6 Å². The number of hydrogen-bond acceptors (Lipinski definition) is 6. The van der Waals surface area contributed by atoms with Crippen LogP contribution in [0.5, 0.6) is 0 Å². The average Bonchev–Trinajstić information content (AvgIpc) is 3.23. The second-order valence-electron chi connectivity index (χ2n) is 5.13. The fourth-order valence-electron chi connectivity index (χ4n) is 2.48. The smallest absolute Gasteiger partial charge is 0.233 e. The zero-order valence-electron chi connectivity index (χ0n) is 13.1. The van der Waals surface area contributed by atoms with Gasteiger partial charge >= 0.3 is 0 Å². The zero-order valence-corrected chi connectivity index (χ0v) is 13.9. The minimum absolute atomic E-state index is 0.711. The van der Waals surface area contributed by atoms with Gasteiger partial charge in [-0.25, -0.2) is 9.97 Å². The Bertz CT molecular complexity index is 928. The average molecular weight is 337 g/mol. The Hall–Kier alpha value is -2.74. The van der Waals surface area contributed by atoms with Crippen LogP contribution in [-0.2, 0) is 12.3 Å². The second-order valence-corrected chi connectivity index (χ2v) is 6.08. The van der Waals surface area contributed by atoms with Gasteiger partial charge in [0.15, 0.2) is 11.0 Å². The van der Waals surface area contributed by atoms with Gasteiger partial charge in [-0.2, -0.15) is 0 Å². The monoisotopic (exact) mass is 337 g/mol. The molecule has 0 aromatic carbocycles. The Kier molecular flexibility index (Phi) is 3.96. The number of nitrogens with zero attached hydrogens (tertiary/aromatic N) is 7. The van der Waals surface area contributed by atoms with E-state index >= 15 is 0 Å². The quantitative estimate of drug-likeness (QED) is 0.521. The Morgan fingerprint density at radius 2 is 2.00 bits per heavy atom. The highest BCUT2D eigenvalue weighted by Gasteiger charge is 2.13. The van der Waals surface area contributed by atoms with Gasteiger partial charge in [-0.15, -0.1) is 10.2 Å². The van der Waals surface area contributed by atoms with Crippen molar-refractivity contribution in [2.45, 2.75) is 24.4 Å². The van der Waals surface area contributed by atoms with Crippen molar-refractivity contribution in [3.05, 3.63) is 54.9 Å². The molecule has 0 saturated carbocycles. The first kappa shape index (κ1) is 14.8. The topological polar surface area (TPSA) is 73.8 Å². The van der Waals surface area contributed by atoms with Crippen LogP contribution in [0.2, 0.25) is 0 Å². The molecule has 0 fully saturated rings. The molecule has 7 nitrogen and oxygen atoms in total. The Labute approximate surface area is 142 Å². The molecule has 4 aromatic heterocycles. The van der Waals surface area contributed by atoms with Crippen LogP contribution in [0.15, 0.2) is 54.3 Å². The molecule has 8 heteroatoms. The van der Waals surface area contributed by atoms with E-state index in [4.69, 9.17) is 0 Å². The van der Waals surface area contributed by atoms with Crippen LogP contribution in [0.25, 0.3) is 17.2 Å². The van der Waals surface area contributed by atoms with E-state index in [1.807, 2.05) is 35.0 Å². The number of pyridine rings is 1. The standard InChI is InChI=1S/C16H15N7S/c1-2-23-14(12-4-7-17-8-5-12)20-21-16(23)24-11-13-10-22-9-3-6-18-15(22)19-13/h3-10H,2,11H2,1H3. The molecule has 4 aromatic rings. The van der Waals surface area contributed by atoms with Gasteiger partial charge < -0.3 is 4.57 Å². The first-order valence-corrected chi connectivity index (χ1v) is 8.58. The maximum atomic E-state index is 4.51. The second kappa shape index (κ2) is 6.40. The first-order chi connectivity index (χ1) is 11.8. The molecule has 0 amide bonds. The summed E-state index contributed by atoms with van der Waals surface area (Å²) in [6, 6.07) is 5.77. The normalized spacial score (nSPS) is 11.2. The zero-order chi connectivity index (χ0) is 16.4. The van der Waals surface area contributed by atoms with E-state index in [0.717, 1.165) is 34.5 Å². The Balaban J connectivity index is 1.57. The minimum Gasteiger partial charge on any atom is -0.302 e. The first-order valence-electron chi connectivity index (χ1n) is 7.60. The van der Waals surface area contributed by atoms with Gasteiger partial charge in [0.25, 0.3) is 0 Å². The summed E-state index contributed by atoms with van der Waals surface area (Å²) >= 11 is 1.63. The van der Waals surface area contributed by atoms with Crippen molar-refractivity contribution in [1.82, 2.24) is 34.1 Å². The van der Waals surface area contributed by atoms with Crippen LogP contribution < -0.4 is 0 Å². The number of thioether (sulfide) groups is 1. The van der Waals surface area contributed by atoms with E-state index in [-0.39, 0.29) is 0 Å². The lowest BCUT2D eigenvalue weighted by atomic mass is 10.2. The van der Waals surface area contributed by atoms with Crippen molar-refractivity contribution < 1.29 is 0 Å². The van der Waals surface area contributed by atoms with E-state index in [1.54, 1.807) is 30.4 Å². The Morgan fingerprint density at radius 1 is 1.12 bits per heavy atom. The summed E-state index contributed by atoms with van der Waals surface area (Å²) in [6.07, 6.45) is 9.21. The molecule has 0 spiro atoms. The molecule has 24 heavy (non-hydrogen) atoms. The lowest BCUT2D eigenvalue weighted by Gasteiger charge is -2.06. The molecular weight excluding hydrogens is 322 g/mol.